The maximum absolute atomic E-state index is 11.4. The summed E-state index contributed by atoms with van der Waals surface area (Å²) in [6, 6.07) is 6.04. The van der Waals surface area contributed by atoms with Crippen molar-refractivity contribution in [3.05, 3.63) is 34.9 Å². The zero-order valence-electron chi connectivity index (χ0n) is 8.72. The number of rotatable bonds is 2. The second-order valence-corrected chi connectivity index (χ2v) is 3.75. The Hall–Kier alpha value is -1.11. The first-order valence-corrected chi connectivity index (χ1v) is 4.64. The smallest absolute Gasteiger partial charge is 0.160 e. The number of carbonyl (C=O) groups is 1. The van der Waals surface area contributed by atoms with E-state index in [9.17, 15) is 4.79 Å². The molecule has 0 radical (unpaired) electrons. The summed E-state index contributed by atoms with van der Waals surface area (Å²) in [5.41, 5.74) is 3.14. The van der Waals surface area contributed by atoms with Gasteiger partial charge in [0.2, 0.25) is 0 Å². The van der Waals surface area contributed by atoms with E-state index in [1.165, 1.54) is 0 Å². The molecule has 1 rings (SSSR count). The highest BCUT2D eigenvalue weighted by Crippen LogP contribution is 2.22. The molecule has 0 fully saturated rings. The topological polar surface area (TPSA) is 17.1 Å². The normalized spacial score (nSPS) is 10.5. The van der Waals surface area contributed by atoms with Crippen molar-refractivity contribution < 1.29 is 4.79 Å². The van der Waals surface area contributed by atoms with Crippen LogP contribution in [0.4, 0.5) is 0 Å². The van der Waals surface area contributed by atoms with Crippen LogP contribution in [-0.2, 0) is 0 Å². The lowest BCUT2D eigenvalue weighted by atomic mass is 9.92. The molecular formula is C12H16O. The maximum atomic E-state index is 11.4. The van der Waals surface area contributed by atoms with Gasteiger partial charge in [-0.1, -0.05) is 32.0 Å². The third-order valence-electron chi connectivity index (χ3n) is 2.28. The van der Waals surface area contributed by atoms with Crippen molar-refractivity contribution in [1.29, 1.82) is 0 Å². The number of hydrogen-bond acceptors (Lipinski definition) is 1. The van der Waals surface area contributed by atoms with Gasteiger partial charge >= 0.3 is 0 Å². The van der Waals surface area contributed by atoms with Crippen LogP contribution >= 0.6 is 0 Å². The lowest BCUT2D eigenvalue weighted by Gasteiger charge is -2.12. The number of benzene rings is 1. The largest absolute Gasteiger partial charge is 0.294 e. The number of carbonyl (C=O) groups excluding carboxylic acids is 1. The zero-order valence-corrected chi connectivity index (χ0v) is 8.72. The first-order valence-electron chi connectivity index (χ1n) is 4.64. The molecule has 1 aromatic rings. The van der Waals surface area contributed by atoms with Gasteiger partial charge in [0.1, 0.15) is 0 Å². The molecule has 0 amide bonds. The Morgan fingerprint density at radius 1 is 1.31 bits per heavy atom. The van der Waals surface area contributed by atoms with Crippen LogP contribution in [0, 0.1) is 6.92 Å². The van der Waals surface area contributed by atoms with E-state index in [0.717, 1.165) is 16.7 Å². The van der Waals surface area contributed by atoms with E-state index < -0.39 is 0 Å². The SMILES string of the molecule is CC(=O)c1c(C)cccc1C(C)C. The molecule has 13 heavy (non-hydrogen) atoms. The van der Waals surface area contributed by atoms with Crippen molar-refractivity contribution in [2.24, 2.45) is 0 Å². The molecule has 1 nitrogen and oxygen atoms in total. The minimum atomic E-state index is 0.168. The van der Waals surface area contributed by atoms with Gasteiger partial charge in [-0.25, -0.2) is 0 Å². The van der Waals surface area contributed by atoms with Crippen LogP contribution in [0.3, 0.4) is 0 Å². The summed E-state index contributed by atoms with van der Waals surface area (Å²) in [6.07, 6.45) is 0. The predicted molar refractivity (Wildman–Crippen MR) is 55.3 cm³/mol. The van der Waals surface area contributed by atoms with Gasteiger partial charge in [-0.3, -0.25) is 4.79 Å². The van der Waals surface area contributed by atoms with Crippen molar-refractivity contribution in [3.8, 4) is 0 Å². The highest BCUT2D eigenvalue weighted by molar-refractivity contribution is 5.97. The first kappa shape index (κ1) is 9.97. The molecule has 0 atom stereocenters. The molecule has 0 N–H and O–H groups in total. The van der Waals surface area contributed by atoms with E-state index in [1.54, 1.807) is 6.92 Å². The Balaban J connectivity index is 3.34. The summed E-state index contributed by atoms with van der Waals surface area (Å²) >= 11 is 0. The highest BCUT2D eigenvalue weighted by atomic mass is 16.1. The van der Waals surface area contributed by atoms with Crippen LogP contribution in [0.5, 0.6) is 0 Å². The van der Waals surface area contributed by atoms with Crippen molar-refractivity contribution in [2.45, 2.75) is 33.6 Å². The Labute approximate surface area is 79.8 Å². The van der Waals surface area contributed by atoms with E-state index in [0.29, 0.717) is 5.92 Å². The third-order valence-corrected chi connectivity index (χ3v) is 2.28. The summed E-state index contributed by atoms with van der Waals surface area (Å²) < 4.78 is 0. The molecule has 0 aromatic heterocycles. The number of hydrogen-bond donors (Lipinski definition) is 0. The van der Waals surface area contributed by atoms with Crippen LogP contribution in [0.25, 0.3) is 0 Å². The molecular weight excluding hydrogens is 160 g/mol. The summed E-state index contributed by atoms with van der Waals surface area (Å²) in [5, 5.41) is 0. The Bertz CT molecular complexity index is 324. The molecule has 0 heterocycles. The van der Waals surface area contributed by atoms with E-state index in [1.807, 2.05) is 25.1 Å². The molecule has 0 spiro atoms. The number of Topliss-reactive ketones (excluding diaryl/α,β-unsaturated/α-hetero) is 1. The monoisotopic (exact) mass is 176 g/mol. The van der Waals surface area contributed by atoms with Crippen molar-refractivity contribution in [1.82, 2.24) is 0 Å². The third kappa shape index (κ3) is 1.97. The molecule has 0 bridgehead atoms. The van der Waals surface area contributed by atoms with E-state index in [4.69, 9.17) is 0 Å². The molecule has 0 aliphatic carbocycles. The summed E-state index contributed by atoms with van der Waals surface area (Å²) in [5.74, 6) is 0.584. The summed E-state index contributed by atoms with van der Waals surface area (Å²) in [7, 11) is 0. The average molecular weight is 176 g/mol. The van der Waals surface area contributed by atoms with Crippen LogP contribution < -0.4 is 0 Å². The Kier molecular flexibility index (Phi) is 2.86. The van der Waals surface area contributed by atoms with Crippen LogP contribution in [0.1, 0.15) is 48.2 Å². The van der Waals surface area contributed by atoms with Gasteiger partial charge in [-0.15, -0.1) is 0 Å². The van der Waals surface area contributed by atoms with Gasteiger partial charge in [0.25, 0.3) is 0 Å². The fourth-order valence-electron chi connectivity index (χ4n) is 1.65. The quantitative estimate of drug-likeness (QED) is 0.632. The fraction of sp³-hybridized carbons (Fsp3) is 0.417. The van der Waals surface area contributed by atoms with Gasteiger partial charge in [-0.05, 0) is 30.9 Å². The average Bonchev–Trinajstić information content (AvgIpc) is 2.02. The first-order chi connectivity index (χ1) is 6.04. The van der Waals surface area contributed by atoms with Crippen LogP contribution in [0.15, 0.2) is 18.2 Å². The summed E-state index contributed by atoms with van der Waals surface area (Å²) in [4.78, 5) is 11.4. The maximum Gasteiger partial charge on any atom is 0.160 e. The predicted octanol–water partition coefficient (Wildman–Crippen LogP) is 3.32. The van der Waals surface area contributed by atoms with Crippen molar-refractivity contribution in [2.75, 3.05) is 0 Å². The molecule has 0 unspecified atom stereocenters. The molecule has 0 aliphatic heterocycles. The minimum Gasteiger partial charge on any atom is -0.294 e. The van der Waals surface area contributed by atoms with Gasteiger partial charge < -0.3 is 0 Å². The van der Waals surface area contributed by atoms with Crippen molar-refractivity contribution >= 4 is 5.78 Å². The lowest BCUT2D eigenvalue weighted by molar-refractivity contribution is 0.101. The van der Waals surface area contributed by atoms with Crippen LogP contribution in [-0.4, -0.2) is 5.78 Å². The molecule has 70 valence electrons. The van der Waals surface area contributed by atoms with Crippen molar-refractivity contribution in [3.63, 3.8) is 0 Å². The van der Waals surface area contributed by atoms with Crippen LogP contribution in [0.2, 0.25) is 0 Å². The molecule has 0 saturated carbocycles. The molecule has 1 heteroatoms. The number of aryl methyl sites for hydroxylation is 1. The Morgan fingerprint density at radius 2 is 1.92 bits per heavy atom. The molecule has 0 saturated heterocycles. The standard InChI is InChI=1S/C12H16O/c1-8(2)11-7-5-6-9(3)12(11)10(4)13/h5-8H,1-4H3. The Morgan fingerprint density at radius 3 is 2.31 bits per heavy atom. The van der Waals surface area contributed by atoms with E-state index >= 15 is 0 Å². The molecule has 0 aliphatic rings. The second kappa shape index (κ2) is 3.73. The summed E-state index contributed by atoms with van der Waals surface area (Å²) in [6.45, 7) is 7.85. The van der Waals surface area contributed by atoms with Gasteiger partial charge in [0, 0.05) is 5.56 Å². The van der Waals surface area contributed by atoms with E-state index in [2.05, 4.69) is 13.8 Å². The van der Waals surface area contributed by atoms with Gasteiger partial charge in [-0.2, -0.15) is 0 Å². The zero-order chi connectivity index (χ0) is 10.0. The molecule has 1 aromatic carbocycles. The lowest BCUT2D eigenvalue weighted by Crippen LogP contribution is -2.03. The highest BCUT2D eigenvalue weighted by Gasteiger charge is 2.11. The second-order valence-electron chi connectivity index (χ2n) is 3.75. The number of ketones is 1. The fourth-order valence-corrected chi connectivity index (χ4v) is 1.65. The van der Waals surface area contributed by atoms with Gasteiger partial charge in [0.15, 0.2) is 5.78 Å². The van der Waals surface area contributed by atoms with Gasteiger partial charge in [0.05, 0.1) is 0 Å². The minimum absolute atomic E-state index is 0.168. The van der Waals surface area contributed by atoms with E-state index in [-0.39, 0.29) is 5.78 Å².